The van der Waals surface area contributed by atoms with E-state index in [-0.39, 0.29) is 5.52 Å². The minimum atomic E-state index is -2.44. The van der Waals surface area contributed by atoms with Gasteiger partial charge in [0.15, 0.2) is 7.80 Å². The second kappa shape index (κ2) is 10.0. The summed E-state index contributed by atoms with van der Waals surface area (Å²) < 4.78 is 12.4. The lowest BCUT2D eigenvalue weighted by Crippen LogP contribution is -2.07. The lowest BCUT2D eigenvalue weighted by molar-refractivity contribution is 0.107. The number of aryl methyl sites for hydroxylation is 3. The van der Waals surface area contributed by atoms with Crippen LogP contribution < -0.4 is 11.0 Å². The van der Waals surface area contributed by atoms with Gasteiger partial charge in [-0.05, 0) is 37.5 Å². The number of carbonyl (C=O) groups excluding carboxylic acids is 1. The summed E-state index contributed by atoms with van der Waals surface area (Å²) in [7, 11) is -2.44. The summed E-state index contributed by atoms with van der Waals surface area (Å²) in [6.07, 6.45) is 0. The molecule has 140 valence electrons. The van der Waals surface area contributed by atoms with Gasteiger partial charge in [-0.25, -0.2) is 0 Å². The van der Waals surface area contributed by atoms with Crippen molar-refractivity contribution in [2.75, 3.05) is 0 Å². The summed E-state index contributed by atoms with van der Waals surface area (Å²) >= 11 is 0. The van der Waals surface area contributed by atoms with Crippen molar-refractivity contribution >= 4 is 18.6 Å². The maximum atomic E-state index is 12.4. The molecule has 0 amide bonds. The Bertz CT molecular complexity index is 899. The van der Waals surface area contributed by atoms with Crippen LogP contribution in [0, 0.1) is 20.8 Å². The van der Waals surface area contributed by atoms with Crippen molar-refractivity contribution in [2.45, 2.75) is 27.3 Å². The van der Waals surface area contributed by atoms with Gasteiger partial charge < -0.3 is 10.3 Å². The first kappa shape index (κ1) is 20.8. The van der Waals surface area contributed by atoms with Crippen LogP contribution in [0.5, 0.6) is 0 Å². The molecule has 0 radical (unpaired) electrons. The number of nitrogens with two attached hydrogens (primary N) is 1. The summed E-state index contributed by atoms with van der Waals surface area (Å²) in [5.74, 6) is 0. The molecule has 0 aliphatic carbocycles. The van der Waals surface area contributed by atoms with Crippen LogP contribution in [0.2, 0.25) is 0 Å². The predicted molar refractivity (Wildman–Crippen MR) is 114 cm³/mol. The SMILES string of the molecule is Cc1cc(C)c(C(=O)[PH](=O)c2ccccc2)c(C)c1.NCc1ccccc1. The monoisotopic (exact) mass is 379 g/mol. The Morgan fingerprint density at radius 3 is 1.78 bits per heavy atom. The van der Waals surface area contributed by atoms with E-state index in [1.54, 1.807) is 24.3 Å². The van der Waals surface area contributed by atoms with Crippen molar-refractivity contribution < 1.29 is 9.36 Å². The molecule has 1 atom stereocenters. The molecule has 3 aromatic rings. The minimum Gasteiger partial charge on any atom is -0.326 e. The van der Waals surface area contributed by atoms with E-state index < -0.39 is 7.80 Å². The smallest absolute Gasteiger partial charge is 0.223 e. The molecule has 0 aliphatic heterocycles. The summed E-state index contributed by atoms with van der Waals surface area (Å²) in [4.78, 5) is 12.4. The normalized spacial score (nSPS) is 11.3. The summed E-state index contributed by atoms with van der Waals surface area (Å²) in [5.41, 5.74) is 9.82. The fraction of sp³-hybridized carbons (Fsp3) is 0.174. The average Bonchev–Trinajstić information content (AvgIpc) is 2.68. The van der Waals surface area contributed by atoms with Crippen LogP contribution in [-0.2, 0) is 11.1 Å². The van der Waals surface area contributed by atoms with Gasteiger partial charge in [0.25, 0.3) is 0 Å². The van der Waals surface area contributed by atoms with Gasteiger partial charge in [-0.1, -0.05) is 78.4 Å². The lowest BCUT2D eigenvalue weighted by Gasteiger charge is -2.10. The third-order valence-electron chi connectivity index (χ3n) is 4.22. The molecule has 0 saturated carbocycles. The zero-order chi connectivity index (χ0) is 19.8. The summed E-state index contributed by atoms with van der Waals surface area (Å²) in [5, 5.41) is 0.622. The first-order chi connectivity index (χ1) is 12.9. The van der Waals surface area contributed by atoms with E-state index >= 15 is 0 Å². The van der Waals surface area contributed by atoms with Gasteiger partial charge in [-0.3, -0.25) is 4.79 Å². The molecular weight excluding hydrogens is 353 g/mol. The maximum absolute atomic E-state index is 12.4. The molecule has 0 aliphatic rings. The van der Waals surface area contributed by atoms with Crippen molar-refractivity contribution in [2.24, 2.45) is 5.73 Å². The Labute approximate surface area is 162 Å². The quantitative estimate of drug-likeness (QED) is 0.664. The lowest BCUT2D eigenvalue weighted by atomic mass is 10.0. The van der Waals surface area contributed by atoms with Gasteiger partial charge in [-0.15, -0.1) is 0 Å². The highest BCUT2D eigenvalue weighted by Gasteiger charge is 2.20. The molecule has 0 fully saturated rings. The van der Waals surface area contributed by atoms with E-state index in [4.69, 9.17) is 5.73 Å². The molecule has 2 N–H and O–H groups in total. The highest BCUT2D eigenvalue weighted by atomic mass is 31.1. The van der Waals surface area contributed by atoms with Gasteiger partial charge in [-0.2, -0.15) is 0 Å². The number of rotatable bonds is 4. The molecule has 3 aromatic carbocycles. The van der Waals surface area contributed by atoms with Crippen LogP contribution in [0.25, 0.3) is 0 Å². The van der Waals surface area contributed by atoms with Crippen molar-refractivity contribution in [3.63, 3.8) is 0 Å². The molecule has 0 aromatic heterocycles. The second-order valence-corrected chi connectivity index (χ2v) is 8.18. The topological polar surface area (TPSA) is 60.2 Å². The molecule has 3 rings (SSSR count). The van der Waals surface area contributed by atoms with Crippen molar-refractivity contribution in [1.82, 2.24) is 0 Å². The molecule has 0 saturated heterocycles. The van der Waals surface area contributed by atoms with Crippen molar-refractivity contribution in [1.29, 1.82) is 0 Å². The number of benzene rings is 3. The molecule has 0 spiro atoms. The third-order valence-corrected chi connectivity index (χ3v) is 5.74. The Morgan fingerprint density at radius 1 is 0.852 bits per heavy atom. The average molecular weight is 379 g/mol. The van der Waals surface area contributed by atoms with Crippen LogP contribution in [0.4, 0.5) is 0 Å². The summed E-state index contributed by atoms with van der Waals surface area (Å²) in [6, 6.07) is 22.9. The van der Waals surface area contributed by atoms with E-state index in [1.807, 2.05) is 69.3 Å². The Hall–Kier alpha value is -2.48. The van der Waals surface area contributed by atoms with Gasteiger partial charge in [0.1, 0.15) is 0 Å². The van der Waals surface area contributed by atoms with E-state index in [0.29, 0.717) is 17.4 Å². The molecule has 0 bridgehead atoms. The van der Waals surface area contributed by atoms with E-state index in [1.165, 1.54) is 5.56 Å². The van der Waals surface area contributed by atoms with E-state index in [2.05, 4.69) is 0 Å². The van der Waals surface area contributed by atoms with Crippen LogP contribution in [-0.4, -0.2) is 5.52 Å². The van der Waals surface area contributed by atoms with Gasteiger partial charge in [0.05, 0.1) is 0 Å². The zero-order valence-corrected chi connectivity index (χ0v) is 17.0. The molecule has 3 nitrogen and oxygen atoms in total. The van der Waals surface area contributed by atoms with Gasteiger partial charge >= 0.3 is 0 Å². The molecule has 0 heterocycles. The first-order valence-corrected chi connectivity index (χ1v) is 10.3. The summed E-state index contributed by atoms with van der Waals surface area (Å²) in [6.45, 7) is 6.43. The minimum absolute atomic E-state index is 0.244. The standard InChI is InChI=1S/C16H17O2P.C7H9N/c1-11-9-12(2)15(13(3)10-11)16(17)19(18)14-7-5-4-6-8-14;8-6-7-4-2-1-3-5-7/h4-10,19H,1-3H3;1-5H,6,8H2. The Morgan fingerprint density at radius 2 is 1.33 bits per heavy atom. The molecule has 1 unspecified atom stereocenters. The fourth-order valence-electron chi connectivity index (χ4n) is 2.99. The number of hydrogen-bond donors (Lipinski definition) is 1. The van der Waals surface area contributed by atoms with Crippen LogP contribution >= 0.6 is 7.80 Å². The van der Waals surface area contributed by atoms with Crippen molar-refractivity contribution in [3.8, 4) is 0 Å². The maximum Gasteiger partial charge on any atom is 0.223 e. The molecule has 4 heteroatoms. The molecule has 27 heavy (non-hydrogen) atoms. The van der Waals surface area contributed by atoms with Crippen LogP contribution in [0.1, 0.15) is 32.6 Å². The fourth-order valence-corrected chi connectivity index (χ4v) is 4.37. The molecular formula is C23H26NO2P. The van der Waals surface area contributed by atoms with Gasteiger partial charge in [0.2, 0.25) is 5.52 Å². The highest BCUT2D eigenvalue weighted by Crippen LogP contribution is 2.30. The predicted octanol–water partition coefficient (Wildman–Crippen LogP) is 4.78. The highest BCUT2D eigenvalue weighted by molar-refractivity contribution is 7.71. The van der Waals surface area contributed by atoms with Gasteiger partial charge in [0, 0.05) is 17.4 Å². The number of hydrogen-bond acceptors (Lipinski definition) is 3. The Balaban J connectivity index is 0.000000273. The third kappa shape index (κ3) is 5.75. The van der Waals surface area contributed by atoms with E-state index in [9.17, 15) is 9.36 Å². The Kier molecular flexibility index (Phi) is 7.72. The number of carbonyl (C=O) groups is 1. The van der Waals surface area contributed by atoms with Crippen LogP contribution in [0.15, 0.2) is 72.8 Å². The zero-order valence-electron chi connectivity index (χ0n) is 16.0. The second-order valence-electron chi connectivity index (χ2n) is 6.49. The van der Waals surface area contributed by atoms with Crippen LogP contribution in [0.3, 0.4) is 0 Å². The largest absolute Gasteiger partial charge is 0.326 e. The van der Waals surface area contributed by atoms with E-state index in [0.717, 1.165) is 16.7 Å². The van der Waals surface area contributed by atoms with Crippen molar-refractivity contribution in [3.05, 3.63) is 101 Å². The first-order valence-electron chi connectivity index (χ1n) is 8.90.